The summed E-state index contributed by atoms with van der Waals surface area (Å²) >= 11 is 0. The topological polar surface area (TPSA) is 152 Å². The van der Waals surface area contributed by atoms with E-state index in [1.165, 1.54) is 12.1 Å². The van der Waals surface area contributed by atoms with Crippen LogP contribution in [0.2, 0.25) is 0 Å². The van der Waals surface area contributed by atoms with Crippen molar-refractivity contribution in [3.63, 3.8) is 0 Å². The zero-order valence-electron chi connectivity index (χ0n) is 16.0. The van der Waals surface area contributed by atoms with Gasteiger partial charge in [-0.05, 0) is 29.9 Å². The van der Waals surface area contributed by atoms with Crippen molar-refractivity contribution in [2.24, 2.45) is 5.92 Å². The number of Topliss-reactive ketones (excluding diaryl/α,β-unsaturated/α-hetero) is 3. The molecule has 2 aromatic carbocycles. The first-order valence-electron chi connectivity index (χ1n) is 9.57. The molecule has 0 amide bonds. The van der Waals surface area contributed by atoms with Gasteiger partial charge in [-0.1, -0.05) is 25.1 Å². The Hall–Kier alpha value is -3.23. The molecule has 3 unspecified atom stereocenters. The predicted molar refractivity (Wildman–Crippen MR) is 104 cm³/mol. The first-order valence-corrected chi connectivity index (χ1v) is 9.57. The molecule has 0 heterocycles. The fourth-order valence-electron chi connectivity index (χ4n) is 4.51. The second kappa shape index (κ2) is 6.65. The van der Waals surface area contributed by atoms with Crippen molar-refractivity contribution in [2.45, 2.75) is 37.9 Å². The number of rotatable bonds is 3. The highest BCUT2D eigenvalue weighted by Gasteiger charge is 2.61. The van der Waals surface area contributed by atoms with E-state index in [2.05, 4.69) is 0 Å². The number of carbonyl (C=O) groups excluding carboxylic acids is 3. The normalized spacial score (nSPS) is 26.0. The molecular formula is C22H20O8. The van der Waals surface area contributed by atoms with Gasteiger partial charge in [0.25, 0.3) is 0 Å². The monoisotopic (exact) mass is 412 g/mol. The van der Waals surface area contributed by atoms with Crippen LogP contribution in [0.4, 0.5) is 0 Å². The lowest BCUT2D eigenvalue weighted by Gasteiger charge is -2.44. The van der Waals surface area contributed by atoms with Crippen LogP contribution < -0.4 is 0 Å². The number of phenols is 2. The Morgan fingerprint density at radius 2 is 1.90 bits per heavy atom. The average Bonchev–Trinajstić information content (AvgIpc) is 2.69. The van der Waals surface area contributed by atoms with Crippen molar-refractivity contribution in [1.29, 1.82) is 0 Å². The van der Waals surface area contributed by atoms with E-state index < -0.39 is 52.1 Å². The predicted octanol–water partition coefficient (Wildman–Crippen LogP) is 1.46. The van der Waals surface area contributed by atoms with Crippen LogP contribution in [0.25, 0.3) is 10.8 Å². The van der Waals surface area contributed by atoms with Gasteiger partial charge in [-0.15, -0.1) is 0 Å². The fraction of sp³-hybridized carbons (Fsp3) is 0.318. The number of hydrogen-bond donors (Lipinski definition) is 5. The number of aliphatic hydroxyl groups excluding tert-OH is 2. The summed E-state index contributed by atoms with van der Waals surface area (Å²) in [7, 11) is 0. The Morgan fingerprint density at radius 3 is 2.57 bits per heavy atom. The molecule has 2 aliphatic carbocycles. The van der Waals surface area contributed by atoms with Gasteiger partial charge < -0.3 is 25.5 Å². The highest BCUT2D eigenvalue weighted by atomic mass is 16.4. The van der Waals surface area contributed by atoms with Gasteiger partial charge in [-0.3, -0.25) is 14.4 Å². The third-order valence-electron chi connectivity index (χ3n) is 6.00. The maximum atomic E-state index is 13.3. The fourth-order valence-corrected chi connectivity index (χ4v) is 4.51. The van der Waals surface area contributed by atoms with Gasteiger partial charge in [0.1, 0.15) is 28.9 Å². The van der Waals surface area contributed by atoms with Crippen molar-refractivity contribution in [1.82, 2.24) is 0 Å². The molecule has 30 heavy (non-hydrogen) atoms. The van der Waals surface area contributed by atoms with Gasteiger partial charge in [-0.2, -0.15) is 0 Å². The van der Waals surface area contributed by atoms with E-state index in [0.717, 1.165) is 0 Å². The van der Waals surface area contributed by atoms with Crippen molar-refractivity contribution >= 4 is 28.1 Å². The molecule has 0 saturated carbocycles. The van der Waals surface area contributed by atoms with Gasteiger partial charge >= 0.3 is 0 Å². The SMILES string of the molecule is CCCC(=O)C1=C(O)C2(O)C(=O)c3c(cc4cccc(O)c4c3O)CC2C(O)C1=O. The highest BCUT2D eigenvalue weighted by molar-refractivity contribution is 6.25. The second-order valence-electron chi connectivity index (χ2n) is 7.75. The molecule has 0 saturated heterocycles. The van der Waals surface area contributed by atoms with E-state index in [9.17, 15) is 39.9 Å². The van der Waals surface area contributed by atoms with Crippen LogP contribution in [-0.4, -0.2) is 54.6 Å². The van der Waals surface area contributed by atoms with Gasteiger partial charge in [0.05, 0.1) is 10.9 Å². The molecule has 5 N–H and O–H groups in total. The van der Waals surface area contributed by atoms with Gasteiger partial charge in [0.15, 0.2) is 17.2 Å². The minimum absolute atomic E-state index is 0.00941. The maximum absolute atomic E-state index is 13.3. The van der Waals surface area contributed by atoms with Crippen LogP contribution in [0, 0.1) is 5.92 Å². The van der Waals surface area contributed by atoms with E-state index in [0.29, 0.717) is 11.8 Å². The summed E-state index contributed by atoms with van der Waals surface area (Å²) in [4.78, 5) is 38.3. The molecule has 2 aliphatic rings. The number of fused-ring (bicyclic) bond motifs is 3. The second-order valence-corrected chi connectivity index (χ2v) is 7.75. The smallest absolute Gasteiger partial charge is 0.206 e. The molecule has 4 rings (SSSR count). The zero-order valence-corrected chi connectivity index (χ0v) is 16.0. The third kappa shape index (κ3) is 2.44. The highest BCUT2D eigenvalue weighted by Crippen LogP contribution is 2.48. The Labute approximate surface area is 170 Å². The number of hydrogen-bond acceptors (Lipinski definition) is 8. The molecule has 0 fully saturated rings. The summed E-state index contributed by atoms with van der Waals surface area (Å²) in [5.41, 5.74) is -3.64. The van der Waals surface area contributed by atoms with Crippen LogP contribution in [0.5, 0.6) is 11.5 Å². The van der Waals surface area contributed by atoms with E-state index >= 15 is 0 Å². The summed E-state index contributed by atoms with van der Waals surface area (Å²) in [5.74, 6) is -6.39. The molecule has 8 heteroatoms. The van der Waals surface area contributed by atoms with Crippen LogP contribution in [0.1, 0.15) is 35.7 Å². The molecular weight excluding hydrogens is 392 g/mol. The lowest BCUT2D eigenvalue weighted by Crippen LogP contribution is -2.61. The summed E-state index contributed by atoms with van der Waals surface area (Å²) in [5, 5.41) is 53.7. The number of benzene rings is 2. The Balaban J connectivity index is 1.99. The van der Waals surface area contributed by atoms with Gasteiger partial charge in [-0.25, -0.2) is 0 Å². The van der Waals surface area contributed by atoms with E-state index in [1.807, 2.05) is 0 Å². The number of aromatic hydroxyl groups is 2. The van der Waals surface area contributed by atoms with Gasteiger partial charge in [0.2, 0.25) is 5.78 Å². The lowest BCUT2D eigenvalue weighted by atomic mass is 9.62. The number of phenolic OH excluding ortho intramolecular Hbond substituents is 2. The molecule has 0 bridgehead atoms. The lowest BCUT2D eigenvalue weighted by molar-refractivity contribution is -0.138. The van der Waals surface area contributed by atoms with Crippen molar-refractivity contribution < 1.29 is 39.9 Å². The van der Waals surface area contributed by atoms with Crippen LogP contribution in [0.3, 0.4) is 0 Å². The summed E-state index contributed by atoms with van der Waals surface area (Å²) in [6.07, 6.45) is -1.87. The first-order chi connectivity index (χ1) is 14.1. The largest absolute Gasteiger partial charge is 0.508 e. The van der Waals surface area contributed by atoms with Crippen molar-refractivity contribution in [3.05, 3.63) is 46.7 Å². The van der Waals surface area contributed by atoms with E-state index in [-0.39, 0.29) is 35.1 Å². The van der Waals surface area contributed by atoms with Crippen molar-refractivity contribution in [2.75, 3.05) is 0 Å². The molecule has 0 spiro atoms. The summed E-state index contributed by atoms with van der Waals surface area (Å²) in [6.45, 7) is 1.67. The summed E-state index contributed by atoms with van der Waals surface area (Å²) < 4.78 is 0. The maximum Gasteiger partial charge on any atom is 0.206 e. The first kappa shape index (κ1) is 20.1. The molecule has 156 valence electrons. The van der Waals surface area contributed by atoms with Crippen molar-refractivity contribution in [3.8, 4) is 11.5 Å². The molecule has 8 nitrogen and oxygen atoms in total. The molecule has 2 aromatic rings. The minimum Gasteiger partial charge on any atom is -0.508 e. The van der Waals surface area contributed by atoms with Crippen LogP contribution >= 0.6 is 0 Å². The van der Waals surface area contributed by atoms with Crippen LogP contribution in [-0.2, 0) is 16.0 Å². The molecule has 0 aromatic heterocycles. The Kier molecular flexibility index (Phi) is 4.44. The Morgan fingerprint density at radius 1 is 1.20 bits per heavy atom. The number of ketones is 3. The molecule has 0 radical (unpaired) electrons. The quantitative estimate of drug-likeness (QED) is 0.475. The summed E-state index contributed by atoms with van der Waals surface area (Å²) in [6, 6.07) is 5.98. The average molecular weight is 412 g/mol. The minimum atomic E-state index is -2.76. The van der Waals surface area contributed by atoms with E-state index in [1.54, 1.807) is 19.1 Å². The third-order valence-corrected chi connectivity index (χ3v) is 6.00. The van der Waals surface area contributed by atoms with E-state index in [4.69, 9.17) is 0 Å². The molecule has 0 aliphatic heterocycles. The molecule has 3 atom stereocenters. The standard InChI is InChI=1S/C22H20O8/c1-2-4-12(23)16-19(27)17(25)11-8-10-7-9-5-3-6-13(24)14(9)18(26)15(10)20(28)22(11,30)21(16)29/h3,5-7,11,17,24-26,29-30H,2,4,8H2,1H3. The number of aliphatic hydroxyl groups is 3. The number of carbonyl (C=O) groups is 3. The van der Waals surface area contributed by atoms with Crippen LogP contribution in [0.15, 0.2) is 35.6 Å². The zero-order chi connectivity index (χ0) is 22.0. The Bertz CT molecular complexity index is 1160. The van der Waals surface area contributed by atoms with Gasteiger partial charge in [0, 0.05) is 12.3 Å².